The van der Waals surface area contributed by atoms with Crippen molar-refractivity contribution in [2.45, 2.75) is 26.2 Å². The van der Waals surface area contributed by atoms with Crippen LogP contribution >= 0.6 is 0 Å². The molecule has 0 unspecified atom stereocenters. The second-order valence-electron chi connectivity index (χ2n) is 5.72. The number of anilines is 1. The summed E-state index contributed by atoms with van der Waals surface area (Å²) in [7, 11) is 0. The summed E-state index contributed by atoms with van der Waals surface area (Å²) in [5.74, 6) is 1.70. The summed E-state index contributed by atoms with van der Waals surface area (Å²) in [6, 6.07) is 4.10. The Balaban J connectivity index is 1.73. The van der Waals surface area contributed by atoms with Crippen molar-refractivity contribution in [1.82, 2.24) is 0 Å². The highest BCUT2D eigenvalue weighted by Gasteiger charge is 2.35. The van der Waals surface area contributed by atoms with Crippen LogP contribution in [-0.2, 0) is 0 Å². The van der Waals surface area contributed by atoms with Gasteiger partial charge in [-0.1, -0.05) is 6.42 Å². The molecule has 0 amide bonds. The molecule has 0 radical (unpaired) electrons. The van der Waals surface area contributed by atoms with E-state index >= 15 is 0 Å². The lowest BCUT2D eigenvalue weighted by molar-refractivity contribution is 0.162. The highest BCUT2D eigenvalue weighted by molar-refractivity contribution is 5.60. The van der Waals surface area contributed by atoms with Gasteiger partial charge in [0.05, 0.1) is 0 Å². The van der Waals surface area contributed by atoms with Gasteiger partial charge in [-0.25, -0.2) is 0 Å². The zero-order valence-electron chi connectivity index (χ0n) is 11.5. The van der Waals surface area contributed by atoms with Gasteiger partial charge in [-0.2, -0.15) is 0 Å². The number of fused-ring (bicyclic) bond motifs is 1. The van der Waals surface area contributed by atoms with Crippen LogP contribution in [0.4, 0.5) is 5.69 Å². The van der Waals surface area contributed by atoms with E-state index in [9.17, 15) is 0 Å². The number of rotatable bonds is 4. The van der Waals surface area contributed by atoms with E-state index in [4.69, 9.17) is 15.2 Å². The Kier molecular flexibility index (Phi) is 3.27. The molecule has 1 aromatic carbocycles. The lowest BCUT2D eigenvalue weighted by atomic mass is 9.69. The van der Waals surface area contributed by atoms with E-state index in [1.54, 1.807) is 0 Å². The van der Waals surface area contributed by atoms with Gasteiger partial charge in [0, 0.05) is 18.3 Å². The molecule has 0 spiro atoms. The molecule has 4 nitrogen and oxygen atoms in total. The van der Waals surface area contributed by atoms with Crippen LogP contribution in [0.3, 0.4) is 0 Å². The van der Waals surface area contributed by atoms with Crippen molar-refractivity contribution in [3.8, 4) is 11.5 Å². The van der Waals surface area contributed by atoms with Crippen LogP contribution in [0, 0.1) is 12.3 Å². The topological polar surface area (TPSA) is 56.5 Å². The summed E-state index contributed by atoms with van der Waals surface area (Å²) in [5, 5.41) is 3.54. The third kappa shape index (κ3) is 2.37. The van der Waals surface area contributed by atoms with Gasteiger partial charge in [0.1, 0.15) is 13.2 Å². The normalized spacial score (nSPS) is 19.7. The van der Waals surface area contributed by atoms with Gasteiger partial charge in [0.25, 0.3) is 0 Å². The predicted octanol–water partition coefficient (Wildman–Crippen LogP) is 2.31. The van der Waals surface area contributed by atoms with Crippen molar-refractivity contribution in [2.24, 2.45) is 11.1 Å². The van der Waals surface area contributed by atoms with Crippen molar-refractivity contribution in [1.29, 1.82) is 0 Å². The first-order chi connectivity index (χ1) is 9.22. The maximum atomic E-state index is 5.90. The molecule has 0 atom stereocenters. The van der Waals surface area contributed by atoms with Crippen LogP contribution in [0.15, 0.2) is 12.1 Å². The second-order valence-corrected chi connectivity index (χ2v) is 5.72. The molecule has 1 fully saturated rings. The summed E-state index contributed by atoms with van der Waals surface area (Å²) < 4.78 is 11.2. The first-order valence-electron chi connectivity index (χ1n) is 7.07. The van der Waals surface area contributed by atoms with Crippen molar-refractivity contribution in [3.63, 3.8) is 0 Å². The number of hydrogen-bond donors (Lipinski definition) is 2. The maximum absolute atomic E-state index is 5.90. The average molecular weight is 262 g/mol. The van der Waals surface area contributed by atoms with E-state index in [2.05, 4.69) is 12.2 Å². The van der Waals surface area contributed by atoms with Crippen molar-refractivity contribution in [3.05, 3.63) is 17.7 Å². The Hall–Kier alpha value is -1.42. The van der Waals surface area contributed by atoms with Crippen LogP contribution in [0.1, 0.15) is 24.8 Å². The van der Waals surface area contributed by atoms with E-state index in [0.29, 0.717) is 18.6 Å². The van der Waals surface area contributed by atoms with Crippen LogP contribution in [0.2, 0.25) is 0 Å². The van der Waals surface area contributed by atoms with E-state index < -0.39 is 0 Å². The number of ether oxygens (including phenoxy) is 2. The molecule has 4 heteroatoms. The van der Waals surface area contributed by atoms with Crippen LogP contribution in [-0.4, -0.2) is 26.3 Å². The fourth-order valence-electron chi connectivity index (χ4n) is 2.79. The van der Waals surface area contributed by atoms with E-state index in [-0.39, 0.29) is 0 Å². The minimum Gasteiger partial charge on any atom is -0.486 e. The molecule has 0 saturated heterocycles. The third-order valence-electron chi connectivity index (χ3n) is 4.39. The summed E-state index contributed by atoms with van der Waals surface area (Å²) >= 11 is 0. The number of aryl methyl sites for hydroxylation is 1. The fraction of sp³-hybridized carbons (Fsp3) is 0.600. The second kappa shape index (κ2) is 4.93. The van der Waals surface area contributed by atoms with E-state index in [0.717, 1.165) is 30.3 Å². The van der Waals surface area contributed by atoms with Crippen LogP contribution in [0.25, 0.3) is 0 Å². The van der Waals surface area contributed by atoms with E-state index in [1.807, 2.05) is 12.1 Å². The van der Waals surface area contributed by atoms with Gasteiger partial charge >= 0.3 is 0 Å². The smallest absolute Gasteiger partial charge is 0.163 e. The van der Waals surface area contributed by atoms with Gasteiger partial charge in [-0.15, -0.1) is 0 Å². The van der Waals surface area contributed by atoms with Gasteiger partial charge in [-0.05, 0) is 43.4 Å². The Labute approximate surface area is 114 Å². The van der Waals surface area contributed by atoms with E-state index in [1.165, 1.54) is 24.8 Å². The molecular formula is C15H22N2O2. The lowest BCUT2D eigenvalue weighted by Gasteiger charge is -2.41. The molecule has 104 valence electrons. The summed E-state index contributed by atoms with van der Waals surface area (Å²) in [6.45, 7) is 5.07. The zero-order valence-corrected chi connectivity index (χ0v) is 11.5. The number of nitrogens with one attached hydrogen (secondary N) is 1. The number of nitrogens with two attached hydrogens (primary N) is 1. The quantitative estimate of drug-likeness (QED) is 0.874. The molecule has 1 aliphatic carbocycles. The number of hydrogen-bond acceptors (Lipinski definition) is 4. The fourth-order valence-corrected chi connectivity index (χ4v) is 2.79. The molecular weight excluding hydrogens is 240 g/mol. The standard InChI is InChI=1S/C15H22N2O2/c1-11-7-13-14(19-6-5-18-13)8-12(11)17-10-15(9-16)3-2-4-15/h7-8,17H,2-6,9-10,16H2,1H3. The van der Waals surface area contributed by atoms with Crippen LogP contribution in [0.5, 0.6) is 11.5 Å². The molecule has 0 aromatic heterocycles. The molecule has 1 saturated carbocycles. The highest BCUT2D eigenvalue weighted by atomic mass is 16.6. The average Bonchev–Trinajstić information content (AvgIpc) is 2.38. The number of benzene rings is 1. The molecule has 19 heavy (non-hydrogen) atoms. The van der Waals surface area contributed by atoms with Crippen molar-refractivity contribution >= 4 is 5.69 Å². The maximum Gasteiger partial charge on any atom is 0.163 e. The predicted molar refractivity (Wildman–Crippen MR) is 76.0 cm³/mol. The van der Waals surface area contributed by atoms with Gasteiger partial charge in [0.15, 0.2) is 11.5 Å². The third-order valence-corrected chi connectivity index (χ3v) is 4.39. The Morgan fingerprint density at radius 2 is 1.89 bits per heavy atom. The summed E-state index contributed by atoms with van der Waals surface area (Å²) in [6.07, 6.45) is 3.78. The molecule has 1 aliphatic heterocycles. The first-order valence-corrected chi connectivity index (χ1v) is 7.07. The van der Waals surface area contributed by atoms with Gasteiger partial charge < -0.3 is 20.5 Å². The monoisotopic (exact) mass is 262 g/mol. The summed E-state index contributed by atoms with van der Waals surface area (Å²) in [5.41, 5.74) is 8.52. The van der Waals surface area contributed by atoms with Crippen molar-refractivity contribution < 1.29 is 9.47 Å². The molecule has 3 N–H and O–H groups in total. The Bertz CT molecular complexity index is 464. The summed E-state index contributed by atoms with van der Waals surface area (Å²) in [4.78, 5) is 0. The first kappa shape index (κ1) is 12.6. The lowest BCUT2D eigenvalue weighted by Crippen LogP contribution is -2.43. The molecule has 0 bridgehead atoms. The Morgan fingerprint density at radius 1 is 1.21 bits per heavy atom. The zero-order chi connectivity index (χ0) is 13.3. The SMILES string of the molecule is Cc1cc2c(cc1NCC1(CN)CCC1)OCCO2. The molecule has 3 rings (SSSR count). The molecule has 2 aliphatic rings. The van der Waals surface area contributed by atoms with Crippen LogP contribution < -0.4 is 20.5 Å². The minimum atomic E-state index is 0.305. The van der Waals surface area contributed by atoms with Crippen molar-refractivity contribution in [2.75, 3.05) is 31.6 Å². The van der Waals surface area contributed by atoms with Gasteiger partial charge in [-0.3, -0.25) is 0 Å². The highest BCUT2D eigenvalue weighted by Crippen LogP contribution is 2.41. The minimum absolute atomic E-state index is 0.305. The Morgan fingerprint density at radius 3 is 2.47 bits per heavy atom. The largest absolute Gasteiger partial charge is 0.486 e. The molecule has 1 aromatic rings. The van der Waals surface area contributed by atoms with Gasteiger partial charge in [0.2, 0.25) is 0 Å². The molecule has 1 heterocycles.